The van der Waals surface area contributed by atoms with Crippen molar-refractivity contribution in [2.24, 2.45) is 5.92 Å². The van der Waals surface area contributed by atoms with Crippen LogP contribution in [0.4, 0.5) is 0 Å². The van der Waals surface area contributed by atoms with E-state index in [0.717, 1.165) is 50.7 Å². The largest absolute Gasteiger partial charge is 0.379 e. The number of rotatable bonds is 2. The summed E-state index contributed by atoms with van der Waals surface area (Å²) >= 11 is 1.74. The molecule has 0 radical (unpaired) electrons. The first-order valence-electron chi connectivity index (χ1n) is 8.95. The first kappa shape index (κ1) is 15.6. The standard InChI is InChI=1S/C18H26N2O2S/c1-13-11-20(12-15(13)19-6-8-22-9-7-19)18(21)17-10-14-4-2-3-5-16(14)23-17/h10,13,15H,2-9,11-12H2,1H3/t13-,15+/m0/s1. The van der Waals surface area contributed by atoms with E-state index < -0.39 is 0 Å². The summed E-state index contributed by atoms with van der Waals surface area (Å²) in [6.07, 6.45) is 4.88. The predicted octanol–water partition coefficient (Wildman–Crippen LogP) is 2.42. The van der Waals surface area contributed by atoms with Crippen LogP contribution in [0.25, 0.3) is 0 Å². The number of amides is 1. The van der Waals surface area contributed by atoms with Gasteiger partial charge in [0.1, 0.15) is 0 Å². The van der Waals surface area contributed by atoms with Crippen molar-refractivity contribution in [1.82, 2.24) is 9.80 Å². The minimum Gasteiger partial charge on any atom is -0.379 e. The van der Waals surface area contributed by atoms with Gasteiger partial charge in [0.25, 0.3) is 5.91 Å². The van der Waals surface area contributed by atoms with Gasteiger partial charge in [-0.05, 0) is 43.2 Å². The number of carbonyl (C=O) groups excluding carboxylic acids is 1. The van der Waals surface area contributed by atoms with E-state index in [-0.39, 0.29) is 5.91 Å². The van der Waals surface area contributed by atoms with Crippen LogP contribution >= 0.6 is 11.3 Å². The third-order valence-corrected chi connectivity index (χ3v) is 6.81. The van der Waals surface area contributed by atoms with Crippen LogP contribution in [-0.4, -0.2) is 61.1 Å². The van der Waals surface area contributed by atoms with Crippen LogP contribution in [0.1, 0.15) is 39.9 Å². The zero-order valence-electron chi connectivity index (χ0n) is 13.9. The second-order valence-corrected chi connectivity index (χ2v) is 8.31. The highest BCUT2D eigenvalue weighted by Gasteiger charge is 2.37. The maximum Gasteiger partial charge on any atom is 0.264 e. The number of morpholine rings is 1. The minimum atomic E-state index is 0.256. The maximum atomic E-state index is 12.9. The summed E-state index contributed by atoms with van der Waals surface area (Å²) in [5, 5.41) is 0. The maximum absolute atomic E-state index is 12.9. The summed E-state index contributed by atoms with van der Waals surface area (Å²) in [5.74, 6) is 0.804. The number of thiophene rings is 1. The van der Waals surface area contributed by atoms with Crippen LogP contribution in [0.15, 0.2) is 6.07 Å². The van der Waals surface area contributed by atoms with Gasteiger partial charge in [0.2, 0.25) is 0 Å². The summed E-state index contributed by atoms with van der Waals surface area (Å²) in [7, 11) is 0. The van der Waals surface area contributed by atoms with Gasteiger partial charge in [0.05, 0.1) is 18.1 Å². The number of carbonyl (C=O) groups is 1. The molecule has 1 aromatic heterocycles. The van der Waals surface area contributed by atoms with Gasteiger partial charge in [0.15, 0.2) is 0 Å². The van der Waals surface area contributed by atoms with Crippen molar-refractivity contribution in [3.63, 3.8) is 0 Å². The molecule has 3 aliphatic rings. The highest BCUT2D eigenvalue weighted by atomic mass is 32.1. The average Bonchev–Trinajstić information content (AvgIpc) is 3.18. The number of likely N-dealkylation sites (tertiary alicyclic amines) is 1. The molecule has 1 aromatic rings. The number of hydrogen-bond donors (Lipinski definition) is 0. The third-order valence-electron chi connectivity index (χ3n) is 5.58. The molecule has 2 aliphatic heterocycles. The normalized spacial score (nSPS) is 28.8. The summed E-state index contributed by atoms with van der Waals surface area (Å²) < 4.78 is 5.46. The van der Waals surface area contributed by atoms with Gasteiger partial charge < -0.3 is 9.64 Å². The van der Waals surface area contributed by atoms with E-state index in [0.29, 0.717) is 12.0 Å². The van der Waals surface area contributed by atoms with E-state index in [2.05, 4.69) is 22.8 Å². The summed E-state index contributed by atoms with van der Waals surface area (Å²) in [6.45, 7) is 7.72. The van der Waals surface area contributed by atoms with Gasteiger partial charge in [-0.25, -0.2) is 0 Å². The average molecular weight is 334 g/mol. The monoisotopic (exact) mass is 334 g/mol. The molecule has 4 nitrogen and oxygen atoms in total. The van der Waals surface area contributed by atoms with Crippen LogP contribution in [0, 0.1) is 5.92 Å². The molecule has 2 fully saturated rings. The Kier molecular flexibility index (Phi) is 4.43. The highest BCUT2D eigenvalue weighted by Crippen LogP contribution is 2.32. The Morgan fingerprint density at radius 1 is 1.22 bits per heavy atom. The molecule has 126 valence electrons. The Bertz CT molecular complexity index is 556. The van der Waals surface area contributed by atoms with Gasteiger partial charge in [-0.3, -0.25) is 9.69 Å². The molecular weight excluding hydrogens is 308 g/mol. The molecule has 23 heavy (non-hydrogen) atoms. The molecule has 1 amide bonds. The smallest absolute Gasteiger partial charge is 0.264 e. The van der Waals surface area contributed by atoms with E-state index >= 15 is 0 Å². The zero-order chi connectivity index (χ0) is 15.8. The fourth-order valence-electron chi connectivity index (χ4n) is 4.25. The number of hydrogen-bond acceptors (Lipinski definition) is 4. The van der Waals surface area contributed by atoms with Crippen LogP contribution in [0.3, 0.4) is 0 Å². The Morgan fingerprint density at radius 2 is 2.00 bits per heavy atom. The Balaban J connectivity index is 1.45. The van der Waals surface area contributed by atoms with Crippen LogP contribution in [0.5, 0.6) is 0 Å². The van der Waals surface area contributed by atoms with Crippen molar-refractivity contribution in [3.05, 3.63) is 21.4 Å². The quantitative estimate of drug-likeness (QED) is 0.833. The molecule has 2 saturated heterocycles. The van der Waals surface area contributed by atoms with Gasteiger partial charge in [-0.1, -0.05) is 6.92 Å². The molecule has 4 rings (SSSR count). The molecule has 1 aliphatic carbocycles. The molecule has 5 heteroatoms. The molecule has 0 saturated carbocycles. The SMILES string of the molecule is C[C@H]1CN(C(=O)c2cc3c(s2)CCCC3)C[C@H]1N1CCOCC1. The molecule has 2 atom stereocenters. The Hall–Kier alpha value is -0.910. The van der Waals surface area contributed by atoms with E-state index in [1.807, 2.05) is 0 Å². The van der Waals surface area contributed by atoms with Crippen molar-refractivity contribution < 1.29 is 9.53 Å². The Labute approximate surface area is 142 Å². The number of fused-ring (bicyclic) bond motifs is 1. The fraction of sp³-hybridized carbons (Fsp3) is 0.722. The van der Waals surface area contributed by atoms with Gasteiger partial charge >= 0.3 is 0 Å². The predicted molar refractivity (Wildman–Crippen MR) is 92.2 cm³/mol. The lowest BCUT2D eigenvalue weighted by Crippen LogP contribution is -2.47. The lowest BCUT2D eigenvalue weighted by molar-refractivity contribution is 0.0119. The van der Waals surface area contributed by atoms with Gasteiger partial charge in [-0.2, -0.15) is 0 Å². The summed E-state index contributed by atoms with van der Waals surface area (Å²) in [5.41, 5.74) is 1.43. The molecule has 0 aromatic carbocycles. The highest BCUT2D eigenvalue weighted by molar-refractivity contribution is 7.14. The van der Waals surface area contributed by atoms with Crippen molar-refractivity contribution in [2.75, 3.05) is 39.4 Å². The second-order valence-electron chi connectivity index (χ2n) is 7.17. The summed E-state index contributed by atoms with van der Waals surface area (Å²) in [4.78, 5) is 20.0. The van der Waals surface area contributed by atoms with Crippen LogP contribution < -0.4 is 0 Å². The van der Waals surface area contributed by atoms with Crippen molar-refractivity contribution in [1.29, 1.82) is 0 Å². The molecular formula is C18H26N2O2S. The van der Waals surface area contributed by atoms with Crippen molar-refractivity contribution in [2.45, 2.75) is 38.6 Å². The second kappa shape index (κ2) is 6.54. The van der Waals surface area contributed by atoms with E-state index in [4.69, 9.17) is 4.74 Å². The van der Waals surface area contributed by atoms with Crippen LogP contribution in [-0.2, 0) is 17.6 Å². The van der Waals surface area contributed by atoms with E-state index in [9.17, 15) is 4.79 Å². The van der Waals surface area contributed by atoms with Crippen molar-refractivity contribution >= 4 is 17.2 Å². The van der Waals surface area contributed by atoms with Gasteiger partial charge in [-0.15, -0.1) is 11.3 Å². The number of aryl methyl sites for hydroxylation is 2. The molecule has 0 unspecified atom stereocenters. The molecule has 0 N–H and O–H groups in total. The first-order chi connectivity index (χ1) is 11.2. The van der Waals surface area contributed by atoms with E-state index in [1.54, 1.807) is 11.3 Å². The minimum absolute atomic E-state index is 0.256. The molecule has 3 heterocycles. The third kappa shape index (κ3) is 3.06. The fourth-order valence-corrected chi connectivity index (χ4v) is 5.47. The number of nitrogens with zero attached hydrogens (tertiary/aromatic N) is 2. The lowest BCUT2D eigenvalue weighted by atomic mass is 9.99. The van der Waals surface area contributed by atoms with Crippen LogP contribution in [0.2, 0.25) is 0 Å². The molecule has 0 spiro atoms. The van der Waals surface area contributed by atoms with Crippen molar-refractivity contribution in [3.8, 4) is 0 Å². The number of ether oxygens (including phenoxy) is 1. The topological polar surface area (TPSA) is 32.8 Å². The summed E-state index contributed by atoms with van der Waals surface area (Å²) in [6, 6.07) is 2.67. The first-order valence-corrected chi connectivity index (χ1v) is 9.76. The van der Waals surface area contributed by atoms with E-state index in [1.165, 1.54) is 29.7 Å². The lowest BCUT2D eigenvalue weighted by Gasteiger charge is -2.33. The van der Waals surface area contributed by atoms with Gasteiger partial charge in [0, 0.05) is 37.1 Å². The molecule has 0 bridgehead atoms. The zero-order valence-corrected chi connectivity index (χ0v) is 14.7. The Morgan fingerprint density at radius 3 is 2.78 bits per heavy atom.